The summed E-state index contributed by atoms with van der Waals surface area (Å²) in [5.74, 6) is -1.08. The Balaban J connectivity index is 1.49. The minimum absolute atomic E-state index is 0.000833. The van der Waals surface area contributed by atoms with Crippen LogP contribution < -0.4 is 5.32 Å². The van der Waals surface area contributed by atoms with E-state index in [2.05, 4.69) is 5.32 Å². The van der Waals surface area contributed by atoms with Crippen LogP contribution in [-0.2, 0) is 29.0 Å². The fourth-order valence-electron chi connectivity index (χ4n) is 3.73. The van der Waals surface area contributed by atoms with Crippen LogP contribution in [-0.4, -0.2) is 117 Å². The number of hydrogen-bond acceptors (Lipinski definition) is 7. The molecule has 0 aromatic heterocycles. The SMILES string of the molecule is COCCN(C(=O)CN1CCN(C(=O)C(=O)NC2CC2)CC1)C1CCS(=O)(=O)C1. The number of ether oxygens (including phenoxy) is 1. The maximum Gasteiger partial charge on any atom is 0.311 e. The summed E-state index contributed by atoms with van der Waals surface area (Å²) in [6.45, 7) is 2.64. The van der Waals surface area contributed by atoms with Crippen molar-refractivity contribution in [2.24, 2.45) is 0 Å². The molecule has 3 rings (SSSR count). The Bertz CT molecular complexity index is 731. The van der Waals surface area contributed by atoms with E-state index in [4.69, 9.17) is 4.74 Å². The molecule has 2 aliphatic heterocycles. The maximum absolute atomic E-state index is 12.9. The Morgan fingerprint density at radius 3 is 2.34 bits per heavy atom. The zero-order chi connectivity index (χ0) is 21.0. The van der Waals surface area contributed by atoms with Gasteiger partial charge in [0.1, 0.15) is 0 Å². The maximum atomic E-state index is 12.9. The van der Waals surface area contributed by atoms with Crippen LogP contribution in [0.1, 0.15) is 19.3 Å². The van der Waals surface area contributed by atoms with Crippen molar-refractivity contribution in [3.8, 4) is 0 Å². The predicted molar refractivity (Wildman–Crippen MR) is 105 cm³/mol. The first-order valence-corrected chi connectivity index (χ1v) is 11.9. The smallest absolute Gasteiger partial charge is 0.311 e. The zero-order valence-corrected chi connectivity index (χ0v) is 17.7. The molecule has 1 unspecified atom stereocenters. The molecule has 2 saturated heterocycles. The average molecular weight is 431 g/mol. The normalized spacial score (nSPS) is 24.3. The van der Waals surface area contributed by atoms with Crippen LogP contribution in [0.3, 0.4) is 0 Å². The number of carbonyl (C=O) groups is 3. The van der Waals surface area contributed by atoms with E-state index in [0.29, 0.717) is 45.8 Å². The topological polar surface area (TPSA) is 116 Å². The van der Waals surface area contributed by atoms with Gasteiger partial charge in [-0.25, -0.2) is 8.42 Å². The first-order chi connectivity index (χ1) is 13.8. The quantitative estimate of drug-likeness (QED) is 0.468. The Morgan fingerprint density at radius 1 is 1.10 bits per heavy atom. The molecule has 164 valence electrons. The molecule has 11 heteroatoms. The van der Waals surface area contributed by atoms with E-state index < -0.39 is 21.7 Å². The Hall–Kier alpha value is -1.72. The number of methoxy groups -OCH3 is 1. The van der Waals surface area contributed by atoms with E-state index in [-0.39, 0.29) is 36.0 Å². The van der Waals surface area contributed by atoms with Gasteiger partial charge in [-0.2, -0.15) is 0 Å². The molecule has 0 aromatic carbocycles. The number of hydrogen-bond donors (Lipinski definition) is 1. The summed E-state index contributed by atoms with van der Waals surface area (Å²) in [5.41, 5.74) is 0. The van der Waals surface area contributed by atoms with Crippen molar-refractivity contribution < 1.29 is 27.5 Å². The van der Waals surface area contributed by atoms with Crippen LogP contribution in [0, 0.1) is 0 Å². The number of nitrogens with one attached hydrogen (secondary N) is 1. The summed E-state index contributed by atoms with van der Waals surface area (Å²) in [5, 5.41) is 2.70. The summed E-state index contributed by atoms with van der Waals surface area (Å²) in [6, 6.07) is -0.167. The van der Waals surface area contributed by atoms with Crippen molar-refractivity contribution in [3.05, 3.63) is 0 Å². The van der Waals surface area contributed by atoms with Crippen LogP contribution in [0.15, 0.2) is 0 Å². The molecular formula is C18H30N4O6S. The number of piperazine rings is 1. The average Bonchev–Trinajstić information content (AvgIpc) is 3.43. The van der Waals surface area contributed by atoms with Crippen LogP contribution in [0.5, 0.6) is 0 Å². The number of rotatable bonds is 7. The summed E-state index contributed by atoms with van der Waals surface area (Å²) < 4.78 is 28.7. The van der Waals surface area contributed by atoms with E-state index in [1.807, 2.05) is 4.90 Å². The lowest BCUT2D eigenvalue weighted by molar-refractivity contribution is -0.147. The molecule has 3 aliphatic rings. The summed E-state index contributed by atoms with van der Waals surface area (Å²) in [4.78, 5) is 42.0. The molecule has 0 aromatic rings. The van der Waals surface area contributed by atoms with Crippen LogP contribution in [0.25, 0.3) is 0 Å². The lowest BCUT2D eigenvalue weighted by Crippen LogP contribution is -2.55. The van der Waals surface area contributed by atoms with Crippen molar-refractivity contribution in [1.29, 1.82) is 0 Å². The fourth-order valence-corrected chi connectivity index (χ4v) is 5.46. The van der Waals surface area contributed by atoms with Crippen molar-refractivity contribution in [2.75, 3.05) is 64.5 Å². The second-order valence-corrected chi connectivity index (χ2v) is 10.2. The van der Waals surface area contributed by atoms with Gasteiger partial charge in [-0.05, 0) is 19.3 Å². The van der Waals surface area contributed by atoms with Gasteiger partial charge in [0.15, 0.2) is 9.84 Å². The van der Waals surface area contributed by atoms with Gasteiger partial charge in [0.05, 0.1) is 24.7 Å². The Labute approximate surface area is 171 Å². The molecule has 0 radical (unpaired) electrons. The van der Waals surface area contributed by atoms with Gasteiger partial charge in [-0.1, -0.05) is 0 Å². The van der Waals surface area contributed by atoms with Crippen LogP contribution in [0.4, 0.5) is 0 Å². The number of carbonyl (C=O) groups excluding carboxylic acids is 3. The lowest BCUT2D eigenvalue weighted by atomic mass is 10.2. The van der Waals surface area contributed by atoms with Gasteiger partial charge < -0.3 is 19.9 Å². The van der Waals surface area contributed by atoms with Gasteiger partial charge in [0, 0.05) is 51.9 Å². The van der Waals surface area contributed by atoms with Gasteiger partial charge in [0.2, 0.25) is 5.91 Å². The predicted octanol–water partition coefficient (Wildman–Crippen LogP) is -1.93. The van der Waals surface area contributed by atoms with Crippen molar-refractivity contribution >= 4 is 27.6 Å². The highest BCUT2D eigenvalue weighted by atomic mass is 32.2. The molecule has 1 N–H and O–H groups in total. The third-order valence-corrected chi connectivity index (χ3v) is 7.38. The molecule has 29 heavy (non-hydrogen) atoms. The van der Waals surface area contributed by atoms with E-state index in [1.165, 1.54) is 4.90 Å². The Kier molecular flexibility index (Phi) is 7.12. The van der Waals surface area contributed by atoms with Crippen molar-refractivity contribution in [3.63, 3.8) is 0 Å². The highest BCUT2D eigenvalue weighted by molar-refractivity contribution is 7.91. The number of nitrogens with zero attached hydrogens (tertiary/aromatic N) is 3. The second kappa shape index (κ2) is 9.40. The van der Waals surface area contributed by atoms with Crippen molar-refractivity contribution in [2.45, 2.75) is 31.3 Å². The second-order valence-electron chi connectivity index (χ2n) is 7.95. The summed E-state index contributed by atoms with van der Waals surface area (Å²) >= 11 is 0. The lowest BCUT2D eigenvalue weighted by Gasteiger charge is -2.36. The molecule has 3 amide bonds. The largest absolute Gasteiger partial charge is 0.383 e. The van der Waals surface area contributed by atoms with E-state index in [9.17, 15) is 22.8 Å². The van der Waals surface area contributed by atoms with Gasteiger partial charge in [-0.15, -0.1) is 0 Å². The van der Waals surface area contributed by atoms with Crippen LogP contribution >= 0.6 is 0 Å². The number of sulfone groups is 1. The first-order valence-electron chi connectivity index (χ1n) is 10.1. The molecule has 0 spiro atoms. The van der Waals surface area contributed by atoms with Crippen molar-refractivity contribution in [1.82, 2.24) is 20.0 Å². The summed E-state index contributed by atoms with van der Waals surface area (Å²) in [6.07, 6.45) is 2.31. The minimum Gasteiger partial charge on any atom is -0.383 e. The van der Waals surface area contributed by atoms with E-state index in [0.717, 1.165) is 12.8 Å². The summed E-state index contributed by atoms with van der Waals surface area (Å²) in [7, 11) is -1.55. The highest BCUT2D eigenvalue weighted by Gasteiger charge is 2.36. The number of amides is 3. The molecular weight excluding hydrogens is 400 g/mol. The third-order valence-electron chi connectivity index (χ3n) is 5.63. The monoisotopic (exact) mass is 430 g/mol. The van der Waals surface area contributed by atoms with Crippen LogP contribution in [0.2, 0.25) is 0 Å². The molecule has 1 aliphatic carbocycles. The third kappa shape index (κ3) is 6.13. The molecule has 10 nitrogen and oxygen atoms in total. The van der Waals surface area contributed by atoms with E-state index >= 15 is 0 Å². The van der Waals surface area contributed by atoms with Gasteiger partial charge in [0.25, 0.3) is 0 Å². The minimum atomic E-state index is -3.09. The highest BCUT2D eigenvalue weighted by Crippen LogP contribution is 2.19. The molecule has 0 bridgehead atoms. The van der Waals surface area contributed by atoms with E-state index in [1.54, 1.807) is 12.0 Å². The molecule has 1 atom stereocenters. The Morgan fingerprint density at radius 2 is 1.79 bits per heavy atom. The molecule has 3 fully saturated rings. The molecule has 2 heterocycles. The standard InChI is InChI=1S/C18H30N4O6S/c1-28-10-9-22(15-4-11-29(26,27)13-15)16(23)12-20-5-7-21(8-6-20)18(25)17(24)19-14-2-3-14/h14-15H,2-13H2,1H3,(H,19,24). The molecule has 1 saturated carbocycles. The van der Waals surface area contributed by atoms with Gasteiger partial charge in [-0.3, -0.25) is 19.3 Å². The van der Waals surface area contributed by atoms with Gasteiger partial charge >= 0.3 is 11.8 Å². The fraction of sp³-hybridized carbons (Fsp3) is 0.833. The zero-order valence-electron chi connectivity index (χ0n) is 16.8. The first kappa shape index (κ1) is 22.0.